The quantitative estimate of drug-likeness (QED) is 0.530. The minimum absolute atomic E-state index is 0.0373. The molecule has 0 radical (unpaired) electrons. The second kappa shape index (κ2) is 7.39. The smallest absolute Gasteiger partial charge is 0.166 e. The van der Waals surface area contributed by atoms with Crippen LogP contribution >= 0.6 is 0 Å². The van der Waals surface area contributed by atoms with Gasteiger partial charge in [0.25, 0.3) is 0 Å². The van der Waals surface area contributed by atoms with E-state index in [1.165, 1.54) is 38.5 Å². The second-order valence-corrected chi connectivity index (χ2v) is 11.4. The molecule has 4 rings (SSSR count). The summed E-state index contributed by atoms with van der Waals surface area (Å²) < 4.78 is 18.4. The van der Waals surface area contributed by atoms with Gasteiger partial charge in [-0.1, -0.05) is 18.1 Å². The van der Waals surface area contributed by atoms with E-state index < -0.39 is 0 Å². The highest BCUT2D eigenvalue weighted by atomic mass is 16.7. The van der Waals surface area contributed by atoms with Crippen LogP contribution in [0, 0.1) is 23.2 Å². The molecular weight excluding hydrogens is 348 g/mol. The number of ether oxygens (including phenoxy) is 3. The molecule has 0 bridgehead atoms. The van der Waals surface area contributed by atoms with Crippen molar-refractivity contribution in [1.29, 1.82) is 0 Å². The summed E-state index contributed by atoms with van der Waals surface area (Å²) in [6, 6.07) is 0. The second-order valence-electron chi connectivity index (χ2n) is 11.4. The summed E-state index contributed by atoms with van der Waals surface area (Å²) in [5, 5.41) is 0. The van der Waals surface area contributed by atoms with E-state index in [1.54, 1.807) is 11.1 Å². The molecule has 0 aromatic rings. The molecular formula is C25H42O3. The van der Waals surface area contributed by atoms with E-state index in [2.05, 4.69) is 41.5 Å². The van der Waals surface area contributed by atoms with Crippen LogP contribution in [0.25, 0.3) is 0 Å². The van der Waals surface area contributed by atoms with Crippen LogP contribution in [-0.2, 0) is 14.2 Å². The topological polar surface area (TPSA) is 27.7 Å². The predicted molar refractivity (Wildman–Crippen MR) is 113 cm³/mol. The van der Waals surface area contributed by atoms with Crippen LogP contribution in [0.1, 0.15) is 92.9 Å². The fourth-order valence-corrected chi connectivity index (χ4v) is 7.02. The van der Waals surface area contributed by atoms with Crippen molar-refractivity contribution >= 4 is 0 Å². The molecule has 1 aliphatic heterocycles. The van der Waals surface area contributed by atoms with Crippen molar-refractivity contribution < 1.29 is 14.2 Å². The van der Waals surface area contributed by atoms with E-state index in [-0.39, 0.29) is 11.4 Å². The van der Waals surface area contributed by atoms with Crippen molar-refractivity contribution in [3.63, 3.8) is 0 Å². The summed E-state index contributed by atoms with van der Waals surface area (Å²) in [7, 11) is 0. The normalized spacial score (nSPS) is 40.5. The molecule has 3 aliphatic carbocycles. The molecule has 1 saturated heterocycles. The largest absolute Gasteiger partial charge is 0.372 e. The van der Waals surface area contributed by atoms with Crippen LogP contribution in [0.3, 0.4) is 0 Å². The van der Waals surface area contributed by atoms with E-state index in [4.69, 9.17) is 14.2 Å². The van der Waals surface area contributed by atoms with Crippen LogP contribution in [0.15, 0.2) is 11.1 Å². The minimum Gasteiger partial charge on any atom is -0.372 e. The third-order valence-corrected chi connectivity index (χ3v) is 8.44. The van der Waals surface area contributed by atoms with Gasteiger partial charge in [-0.05, 0) is 103 Å². The van der Waals surface area contributed by atoms with Crippen LogP contribution in [0.4, 0.5) is 0 Å². The molecule has 5 atom stereocenters. The van der Waals surface area contributed by atoms with Crippen LogP contribution in [-0.4, -0.2) is 30.7 Å². The van der Waals surface area contributed by atoms with Crippen molar-refractivity contribution in [1.82, 2.24) is 0 Å². The molecule has 1 heterocycles. The highest BCUT2D eigenvalue weighted by Crippen LogP contribution is 2.61. The van der Waals surface area contributed by atoms with Crippen molar-refractivity contribution in [2.45, 2.75) is 110 Å². The van der Waals surface area contributed by atoms with E-state index in [1.807, 2.05) is 0 Å². The average Bonchev–Trinajstić information content (AvgIpc) is 3.17. The van der Waals surface area contributed by atoms with Gasteiger partial charge in [-0.25, -0.2) is 0 Å². The number of allylic oxidation sites excluding steroid dienone is 2. The third kappa shape index (κ3) is 3.84. The zero-order valence-electron chi connectivity index (χ0n) is 19.1. The lowest BCUT2D eigenvalue weighted by atomic mass is 9.55. The number of fused-ring (bicyclic) bond motifs is 3. The van der Waals surface area contributed by atoms with Crippen molar-refractivity contribution in [3.05, 3.63) is 11.1 Å². The van der Waals surface area contributed by atoms with Gasteiger partial charge in [-0.3, -0.25) is 0 Å². The van der Waals surface area contributed by atoms with Gasteiger partial charge in [0.1, 0.15) is 0 Å². The maximum Gasteiger partial charge on any atom is 0.166 e. The number of rotatable bonds is 4. The van der Waals surface area contributed by atoms with Crippen molar-refractivity contribution in [3.8, 4) is 0 Å². The third-order valence-electron chi connectivity index (χ3n) is 8.44. The lowest BCUT2D eigenvalue weighted by molar-refractivity contribution is -0.147. The molecule has 0 amide bonds. The predicted octanol–water partition coefficient (Wildman–Crippen LogP) is 6.27. The van der Waals surface area contributed by atoms with Crippen molar-refractivity contribution in [2.24, 2.45) is 23.2 Å². The standard InChI is InChI=1S/C25H42O3/c1-17-7-8-20-19(18(17)12-14-25(6)26-15-16-27-25)11-13-24(5)21(20)9-10-22(24)28-23(2,3)4/h19-22H,7-16H2,1-6H3/t19?,20?,21?,22-,24-/m1/s1. The highest BCUT2D eigenvalue weighted by molar-refractivity contribution is 5.23. The SMILES string of the molecule is CC1=C(CCC2(C)OCCO2)C2CC[C@]3(C)C(CC[C@H]3OC(C)(C)C)C2CC1. The van der Waals surface area contributed by atoms with E-state index in [0.717, 1.165) is 43.8 Å². The molecule has 0 aromatic carbocycles. The molecule has 160 valence electrons. The van der Waals surface area contributed by atoms with Crippen LogP contribution < -0.4 is 0 Å². The summed E-state index contributed by atoms with van der Waals surface area (Å²) in [5.74, 6) is 2.10. The summed E-state index contributed by atoms with van der Waals surface area (Å²) in [6.45, 7) is 15.2. The lowest BCUT2D eigenvalue weighted by Crippen LogP contribution is -2.47. The maximum absolute atomic E-state index is 6.58. The van der Waals surface area contributed by atoms with E-state index in [9.17, 15) is 0 Å². The first kappa shape index (κ1) is 20.9. The minimum atomic E-state index is -0.359. The van der Waals surface area contributed by atoms with Gasteiger partial charge in [0.15, 0.2) is 5.79 Å². The first-order chi connectivity index (χ1) is 13.1. The first-order valence-electron chi connectivity index (χ1n) is 11.8. The van der Waals surface area contributed by atoms with Gasteiger partial charge in [-0.15, -0.1) is 0 Å². The monoisotopic (exact) mass is 390 g/mol. The Morgan fingerprint density at radius 2 is 1.75 bits per heavy atom. The summed E-state index contributed by atoms with van der Waals surface area (Å²) in [6.07, 6.45) is 10.5. The van der Waals surface area contributed by atoms with Crippen molar-refractivity contribution in [2.75, 3.05) is 13.2 Å². The zero-order valence-corrected chi connectivity index (χ0v) is 19.1. The molecule has 4 aliphatic rings. The highest BCUT2D eigenvalue weighted by Gasteiger charge is 2.56. The summed E-state index contributed by atoms with van der Waals surface area (Å²) in [5.41, 5.74) is 3.74. The van der Waals surface area contributed by atoms with Gasteiger partial charge in [0.2, 0.25) is 0 Å². The fourth-order valence-electron chi connectivity index (χ4n) is 7.02. The summed E-state index contributed by atoms with van der Waals surface area (Å²) >= 11 is 0. The number of hydrogen-bond acceptors (Lipinski definition) is 3. The molecule has 3 nitrogen and oxygen atoms in total. The van der Waals surface area contributed by atoms with Gasteiger partial charge in [-0.2, -0.15) is 0 Å². The average molecular weight is 391 g/mol. The first-order valence-corrected chi connectivity index (χ1v) is 11.8. The Labute approximate surface area is 172 Å². The Hall–Kier alpha value is -0.380. The Kier molecular flexibility index (Phi) is 5.51. The summed E-state index contributed by atoms with van der Waals surface area (Å²) in [4.78, 5) is 0. The van der Waals surface area contributed by atoms with Gasteiger partial charge in [0, 0.05) is 6.42 Å². The molecule has 3 unspecified atom stereocenters. The lowest BCUT2D eigenvalue weighted by Gasteiger charge is -2.52. The Bertz CT molecular complexity index is 610. The molecule has 0 spiro atoms. The van der Waals surface area contributed by atoms with Gasteiger partial charge >= 0.3 is 0 Å². The zero-order chi connectivity index (χ0) is 20.2. The molecule has 28 heavy (non-hydrogen) atoms. The number of hydrogen-bond donors (Lipinski definition) is 0. The Balaban J connectivity index is 1.48. The molecule has 2 saturated carbocycles. The molecule has 0 N–H and O–H groups in total. The van der Waals surface area contributed by atoms with E-state index in [0.29, 0.717) is 11.5 Å². The van der Waals surface area contributed by atoms with Gasteiger partial charge < -0.3 is 14.2 Å². The molecule has 3 heteroatoms. The Morgan fingerprint density at radius 1 is 1.04 bits per heavy atom. The van der Waals surface area contributed by atoms with E-state index >= 15 is 0 Å². The molecule has 0 aromatic heterocycles. The Morgan fingerprint density at radius 3 is 2.43 bits per heavy atom. The van der Waals surface area contributed by atoms with Gasteiger partial charge in [0.05, 0.1) is 24.9 Å². The maximum atomic E-state index is 6.58. The molecule has 3 fully saturated rings. The fraction of sp³-hybridized carbons (Fsp3) is 0.920. The van der Waals surface area contributed by atoms with Crippen LogP contribution in [0.5, 0.6) is 0 Å². The van der Waals surface area contributed by atoms with Crippen LogP contribution in [0.2, 0.25) is 0 Å².